The van der Waals surface area contributed by atoms with Crippen LogP contribution in [0.15, 0.2) is 27.7 Å². The van der Waals surface area contributed by atoms with Gasteiger partial charge in [0, 0.05) is 20.5 Å². The molecule has 22 heavy (non-hydrogen) atoms. The van der Waals surface area contributed by atoms with Gasteiger partial charge in [-0.15, -0.1) is 24.0 Å². The van der Waals surface area contributed by atoms with Crippen molar-refractivity contribution in [3.8, 4) is 0 Å². The van der Waals surface area contributed by atoms with Crippen LogP contribution in [0.3, 0.4) is 0 Å². The Balaban J connectivity index is 0.00000242. The van der Waals surface area contributed by atoms with Gasteiger partial charge in [0.2, 0.25) is 5.89 Å². The molecule has 0 saturated carbocycles. The molecule has 0 aliphatic heterocycles. The molecule has 0 fully saturated rings. The SMILES string of the molecule is CN=C(NCc1ccc(F)c(C)c1)NCc1noc(C)n1.I. The predicted octanol–water partition coefficient (Wildman–Crippen LogP) is 2.31. The third-order valence-corrected chi connectivity index (χ3v) is 2.89. The Labute approximate surface area is 145 Å². The number of aliphatic imine (C=N–C) groups is 1. The first-order valence-corrected chi connectivity index (χ1v) is 6.57. The molecule has 120 valence electrons. The van der Waals surface area contributed by atoms with Crippen LogP contribution in [0.25, 0.3) is 0 Å². The maximum absolute atomic E-state index is 13.2. The average Bonchev–Trinajstić information content (AvgIpc) is 2.88. The molecule has 1 aromatic carbocycles. The fraction of sp³-hybridized carbons (Fsp3) is 0.357. The van der Waals surface area contributed by atoms with E-state index < -0.39 is 0 Å². The van der Waals surface area contributed by atoms with E-state index in [0.717, 1.165) is 5.56 Å². The second-order valence-corrected chi connectivity index (χ2v) is 4.59. The van der Waals surface area contributed by atoms with E-state index in [1.165, 1.54) is 6.07 Å². The van der Waals surface area contributed by atoms with Crippen LogP contribution in [0.1, 0.15) is 22.8 Å². The van der Waals surface area contributed by atoms with Crippen molar-refractivity contribution >= 4 is 29.9 Å². The van der Waals surface area contributed by atoms with Crippen molar-refractivity contribution in [2.24, 2.45) is 4.99 Å². The lowest BCUT2D eigenvalue weighted by atomic mass is 10.1. The number of nitrogens with zero attached hydrogens (tertiary/aromatic N) is 3. The number of halogens is 2. The van der Waals surface area contributed by atoms with E-state index in [4.69, 9.17) is 4.52 Å². The number of aromatic nitrogens is 2. The molecule has 0 aliphatic rings. The van der Waals surface area contributed by atoms with E-state index in [0.29, 0.717) is 36.3 Å². The molecule has 1 heterocycles. The summed E-state index contributed by atoms with van der Waals surface area (Å²) in [5.41, 5.74) is 1.60. The van der Waals surface area contributed by atoms with Crippen molar-refractivity contribution in [1.82, 2.24) is 20.8 Å². The van der Waals surface area contributed by atoms with Crippen LogP contribution in [-0.4, -0.2) is 23.1 Å². The fourth-order valence-electron chi connectivity index (χ4n) is 1.80. The summed E-state index contributed by atoms with van der Waals surface area (Å²) in [5.74, 6) is 1.50. The van der Waals surface area contributed by atoms with Crippen molar-refractivity contribution < 1.29 is 8.91 Å². The topological polar surface area (TPSA) is 75.3 Å². The lowest BCUT2D eigenvalue weighted by Crippen LogP contribution is -2.36. The van der Waals surface area contributed by atoms with Crippen LogP contribution >= 0.6 is 24.0 Å². The van der Waals surface area contributed by atoms with Gasteiger partial charge in [0.1, 0.15) is 5.82 Å². The molecule has 0 bridgehead atoms. The minimum atomic E-state index is -0.200. The molecule has 0 amide bonds. The summed E-state index contributed by atoms with van der Waals surface area (Å²) in [6, 6.07) is 5.01. The predicted molar refractivity (Wildman–Crippen MR) is 92.6 cm³/mol. The monoisotopic (exact) mass is 419 g/mol. The van der Waals surface area contributed by atoms with Gasteiger partial charge in [-0.25, -0.2) is 4.39 Å². The van der Waals surface area contributed by atoms with Gasteiger partial charge in [-0.05, 0) is 24.1 Å². The number of guanidine groups is 1. The molecular weight excluding hydrogens is 400 g/mol. The molecule has 8 heteroatoms. The summed E-state index contributed by atoms with van der Waals surface area (Å²) in [6.45, 7) is 4.44. The van der Waals surface area contributed by atoms with Gasteiger partial charge in [-0.1, -0.05) is 17.3 Å². The lowest BCUT2D eigenvalue weighted by molar-refractivity contribution is 0.387. The first-order chi connectivity index (χ1) is 10.1. The highest BCUT2D eigenvalue weighted by atomic mass is 127. The van der Waals surface area contributed by atoms with Crippen LogP contribution in [0.2, 0.25) is 0 Å². The Morgan fingerprint density at radius 1 is 1.27 bits per heavy atom. The van der Waals surface area contributed by atoms with E-state index in [2.05, 4.69) is 25.8 Å². The fourth-order valence-corrected chi connectivity index (χ4v) is 1.80. The van der Waals surface area contributed by atoms with Crippen molar-refractivity contribution in [3.05, 3.63) is 46.9 Å². The van der Waals surface area contributed by atoms with Crippen LogP contribution in [0.4, 0.5) is 4.39 Å². The maximum Gasteiger partial charge on any atom is 0.223 e. The molecule has 1 aromatic heterocycles. The number of hydrogen-bond acceptors (Lipinski definition) is 4. The van der Waals surface area contributed by atoms with Gasteiger partial charge in [0.05, 0.1) is 6.54 Å². The molecule has 0 radical (unpaired) electrons. The standard InChI is InChI=1S/C14H18FN5O.HI/c1-9-6-11(4-5-12(9)15)7-17-14(16-3)18-8-13-19-10(2)21-20-13;/h4-6H,7-8H2,1-3H3,(H2,16,17,18);1H. The molecule has 0 spiro atoms. The highest BCUT2D eigenvalue weighted by Crippen LogP contribution is 2.08. The molecule has 2 aromatic rings. The highest BCUT2D eigenvalue weighted by Gasteiger charge is 2.04. The van der Waals surface area contributed by atoms with Crippen molar-refractivity contribution in [2.45, 2.75) is 26.9 Å². The highest BCUT2D eigenvalue weighted by molar-refractivity contribution is 14.0. The average molecular weight is 419 g/mol. The molecular formula is C14H19FIN5O. The Morgan fingerprint density at radius 3 is 2.59 bits per heavy atom. The van der Waals surface area contributed by atoms with Gasteiger partial charge in [0.15, 0.2) is 11.8 Å². The summed E-state index contributed by atoms with van der Waals surface area (Å²) in [6.07, 6.45) is 0. The second kappa shape index (κ2) is 8.66. The first-order valence-electron chi connectivity index (χ1n) is 6.57. The van der Waals surface area contributed by atoms with Crippen LogP contribution in [-0.2, 0) is 13.1 Å². The van der Waals surface area contributed by atoms with Gasteiger partial charge in [-0.2, -0.15) is 4.98 Å². The van der Waals surface area contributed by atoms with Gasteiger partial charge < -0.3 is 15.2 Å². The molecule has 0 aliphatic carbocycles. The molecule has 6 nitrogen and oxygen atoms in total. The number of hydrogen-bond donors (Lipinski definition) is 2. The van der Waals surface area contributed by atoms with Crippen molar-refractivity contribution in [1.29, 1.82) is 0 Å². The van der Waals surface area contributed by atoms with Crippen molar-refractivity contribution in [3.63, 3.8) is 0 Å². The zero-order valence-corrected chi connectivity index (χ0v) is 15.0. The third kappa shape index (κ3) is 5.24. The summed E-state index contributed by atoms with van der Waals surface area (Å²) < 4.78 is 18.1. The van der Waals surface area contributed by atoms with Crippen LogP contribution in [0.5, 0.6) is 0 Å². The number of rotatable bonds is 4. The molecule has 0 unspecified atom stereocenters. The van der Waals surface area contributed by atoms with E-state index in [1.54, 1.807) is 33.0 Å². The number of benzene rings is 1. The zero-order chi connectivity index (χ0) is 15.2. The number of aryl methyl sites for hydroxylation is 2. The molecule has 0 saturated heterocycles. The number of nitrogens with one attached hydrogen (secondary N) is 2. The van der Waals surface area contributed by atoms with E-state index in [-0.39, 0.29) is 29.8 Å². The minimum Gasteiger partial charge on any atom is -0.352 e. The van der Waals surface area contributed by atoms with Crippen LogP contribution < -0.4 is 10.6 Å². The largest absolute Gasteiger partial charge is 0.352 e. The normalized spacial score (nSPS) is 11.0. The second-order valence-electron chi connectivity index (χ2n) is 4.59. The summed E-state index contributed by atoms with van der Waals surface area (Å²) in [4.78, 5) is 8.19. The van der Waals surface area contributed by atoms with Gasteiger partial charge in [0.25, 0.3) is 0 Å². The Hall–Kier alpha value is -1.71. The van der Waals surface area contributed by atoms with E-state index in [9.17, 15) is 4.39 Å². The Bertz CT molecular complexity index is 644. The first kappa shape index (κ1) is 18.3. The Kier molecular flexibility index (Phi) is 7.22. The summed E-state index contributed by atoms with van der Waals surface area (Å²) >= 11 is 0. The van der Waals surface area contributed by atoms with E-state index >= 15 is 0 Å². The zero-order valence-electron chi connectivity index (χ0n) is 12.7. The smallest absolute Gasteiger partial charge is 0.223 e. The lowest BCUT2D eigenvalue weighted by Gasteiger charge is -2.11. The molecule has 2 N–H and O–H groups in total. The van der Waals surface area contributed by atoms with Crippen molar-refractivity contribution in [2.75, 3.05) is 7.05 Å². The molecule has 2 rings (SSSR count). The van der Waals surface area contributed by atoms with Gasteiger partial charge in [-0.3, -0.25) is 4.99 Å². The Morgan fingerprint density at radius 2 is 2.00 bits per heavy atom. The molecule has 0 atom stereocenters. The maximum atomic E-state index is 13.2. The minimum absolute atomic E-state index is 0. The van der Waals surface area contributed by atoms with E-state index in [1.807, 2.05) is 0 Å². The quantitative estimate of drug-likeness (QED) is 0.452. The summed E-state index contributed by atoms with van der Waals surface area (Å²) in [7, 11) is 1.67. The van der Waals surface area contributed by atoms with Gasteiger partial charge >= 0.3 is 0 Å². The summed E-state index contributed by atoms with van der Waals surface area (Å²) in [5, 5.41) is 10.0. The third-order valence-electron chi connectivity index (χ3n) is 2.89. The van der Waals surface area contributed by atoms with Crippen LogP contribution in [0, 0.1) is 19.7 Å².